The smallest absolute Gasteiger partial charge is 0.447 e. The molecule has 2 aromatic heterocycles. The lowest BCUT2D eigenvalue weighted by Crippen LogP contribution is -2.41. The zero-order valence-corrected chi connectivity index (χ0v) is 18.1. The number of fused-ring (bicyclic) bond motifs is 1. The molecule has 0 unspecified atom stereocenters. The lowest BCUT2D eigenvalue weighted by molar-refractivity contribution is -0.325. The van der Waals surface area contributed by atoms with Crippen molar-refractivity contribution in [2.45, 2.75) is 37.5 Å². The second kappa shape index (κ2) is 10.2. The molecule has 1 aliphatic rings. The number of hydrogen-bond acceptors (Lipinski definition) is 9. The van der Waals surface area contributed by atoms with E-state index in [2.05, 4.69) is 30.2 Å². The molecule has 0 saturated carbocycles. The zero-order valence-electron chi connectivity index (χ0n) is 18.1. The number of hydrogen-bond donors (Lipinski definition) is 1. The number of halogens is 6. The van der Waals surface area contributed by atoms with Gasteiger partial charge in [0.1, 0.15) is 12.7 Å². The Morgan fingerprint density at radius 3 is 2.61 bits per heavy atom. The molecule has 10 nitrogen and oxygen atoms in total. The molecule has 0 radical (unpaired) electrons. The van der Waals surface area contributed by atoms with Gasteiger partial charge in [-0.2, -0.15) is 13.2 Å². The third-order valence-electron chi connectivity index (χ3n) is 4.99. The Hall–Kier alpha value is -3.53. The minimum atomic E-state index is -4.77. The van der Waals surface area contributed by atoms with Crippen LogP contribution in [0.2, 0.25) is 0 Å². The predicted molar refractivity (Wildman–Crippen MR) is 106 cm³/mol. The molecule has 3 aromatic rings. The minimum absolute atomic E-state index is 0.0580. The summed E-state index contributed by atoms with van der Waals surface area (Å²) in [4.78, 5) is 20.4. The molecule has 0 bridgehead atoms. The summed E-state index contributed by atoms with van der Waals surface area (Å²) >= 11 is 0. The number of aromatic nitrogens is 4. The average Bonchev–Trinajstić information content (AvgIpc) is 3.29. The minimum Gasteiger partial charge on any atom is -0.447 e. The first-order valence-corrected chi connectivity index (χ1v) is 10.4. The van der Waals surface area contributed by atoms with Gasteiger partial charge in [0.05, 0.1) is 30.3 Å². The van der Waals surface area contributed by atoms with Crippen LogP contribution < -0.4 is 10.1 Å². The molecule has 1 aliphatic heterocycles. The van der Waals surface area contributed by atoms with Crippen molar-refractivity contribution in [3.05, 3.63) is 41.7 Å². The molecule has 194 valence electrons. The van der Waals surface area contributed by atoms with Gasteiger partial charge in [0.2, 0.25) is 11.7 Å². The first-order valence-electron chi connectivity index (χ1n) is 10.4. The van der Waals surface area contributed by atoms with Crippen molar-refractivity contribution in [3.63, 3.8) is 0 Å². The Kier molecular flexibility index (Phi) is 7.26. The van der Waals surface area contributed by atoms with Crippen molar-refractivity contribution in [3.8, 4) is 6.08 Å². The Morgan fingerprint density at radius 1 is 1.11 bits per heavy atom. The number of rotatable bonds is 7. The van der Waals surface area contributed by atoms with Crippen LogP contribution in [0.15, 0.2) is 28.8 Å². The number of carbonyl (C=O) groups excluding carboxylic acids is 1. The van der Waals surface area contributed by atoms with Crippen molar-refractivity contribution in [2.24, 2.45) is 0 Å². The van der Waals surface area contributed by atoms with E-state index in [1.54, 1.807) is 0 Å². The Balaban J connectivity index is 1.27. The molecule has 1 amide bonds. The highest BCUT2D eigenvalue weighted by Crippen LogP contribution is 2.31. The summed E-state index contributed by atoms with van der Waals surface area (Å²) in [6.45, 7) is -1.14. The first-order chi connectivity index (χ1) is 17.0. The SMILES string of the molecule is O=C(N[C@H]1CC[C@H](c2nnc(OCCOC(F)(F)F)o2)OC1)c1ncc2cc(C(F)(F)F)ccc2n1. The third-order valence-corrected chi connectivity index (χ3v) is 4.99. The molecule has 16 heteroatoms. The van der Waals surface area contributed by atoms with E-state index in [0.717, 1.165) is 24.4 Å². The van der Waals surface area contributed by atoms with Crippen molar-refractivity contribution in [1.82, 2.24) is 25.5 Å². The summed E-state index contributed by atoms with van der Waals surface area (Å²) in [5.74, 6) is -0.779. The number of benzene rings is 1. The van der Waals surface area contributed by atoms with E-state index >= 15 is 0 Å². The molecule has 1 N–H and O–H groups in total. The zero-order chi connectivity index (χ0) is 25.9. The van der Waals surface area contributed by atoms with Gasteiger partial charge in [0.25, 0.3) is 5.91 Å². The maximum Gasteiger partial charge on any atom is 0.522 e. The number of nitrogens with zero attached hydrogens (tertiary/aromatic N) is 4. The van der Waals surface area contributed by atoms with Gasteiger partial charge in [-0.05, 0) is 31.0 Å². The van der Waals surface area contributed by atoms with E-state index in [1.165, 1.54) is 0 Å². The molecule has 4 rings (SSSR count). The Labute approximate surface area is 198 Å². The molecule has 1 aromatic carbocycles. The second-order valence-corrected chi connectivity index (χ2v) is 7.58. The van der Waals surface area contributed by atoms with Crippen LogP contribution in [-0.2, 0) is 15.7 Å². The summed E-state index contributed by atoms with van der Waals surface area (Å²) in [6, 6.07) is 2.52. The van der Waals surface area contributed by atoms with Crippen molar-refractivity contribution in [1.29, 1.82) is 0 Å². The number of ether oxygens (including phenoxy) is 3. The normalized spacial score (nSPS) is 18.8. The lowest BCUT2D eigenvalue weighted by Gasteiger charge is -2.27. The van der Waals surface area contributed by atoms with Crippen molar-refractivity contribution >= 4 is 16.8 Å². The van der Waals surface area contributed by atoms with E-state index < -0.39 is 49.4 Å². The molecular weight excluding hydrogens is 504 g/mol. The quantitative estimate of drug-likeness (QED) is 0.367. The number of amides is 1. The van der Waals surface area contributed by atoms with Crippen LogP contribution in [0.5, 0.6) is 6.08 Å². The maximum absolute atomic E-state index is 12.8. The fourth-order valence-electron chi connectivity index (χ4n) is 3.32. The summed E-state index contributed by atoms with van der Waals surface area (Å²) in [7, 11) is 0. The Morgan fingerprint density at radius 2 is 1.92 bits per heavy atom. The predicted octanol–water partition coefficient (Wildman–Crippen LogP) is 3.60. The summed E-state index contributed by atoms with van der Waals surface area (Å²) in [5, 5.41) is 10.1. The van der Waals surface area contributed by atoms with Gasteiger partial charge in [0, 0.05) is 11.6 Å². The van der Waals surface area contributed by atoms with E-state index in [0.29, 0.717) is 12.8 Å². The van der Waals surface area contributed by atoms with Gasteiger partial charge >= 0.3 is 18.6 Å². The van der Waals surface area contributed by atoms with E-state index in [9.17, 15) is 31.1 Å². The van der Waals surface area contributed by atoms with E-state index in [-0.39, 0.29) is 35.3 Å². The molecule has 0 aliphatic carbocycles. The summed E-state index contributed by atoms with van der Waals surface area (Å²) in [5.41, 5.74) is -0.664. The first kappa shape index (κ1) is 25.6. The molecule has 1 fully saturated rings. The standard InChI is InChI=1S/C20H17F6N5O5/c21-19(22,23)11-1-3-13-10(7-11)8-27-15(29-13)16(32)28-12-2-4-14(34-9-12)17-30-31-18(36-17)33-5-6-35-20(24,25)26/h1,3,7-8,12,14H,2,4-6,9H2,(H,28,32)/t12-,14+/m0/s1. The van der Waals surface area contributed by atoms with Crippen LogP contribution in [0.1, 0.15) is 41.0 Å². The van der Waals surface area contributed by atoms with Crippen LogP contribution in [0.4, 0.5) is 26.3 Å². The van der Waals surface area contributed by atoms with Crippen LogP contribution in [-0.4, -0.2) is 58.3 Å². The molecule has 2 atom stereocenters. The number of carbonyl (C=O) groups is 1. The number of alkyl halides is 6. The molecule has 1 saturated heterocycles. The monoisotopic (exact) mass is 521 g/mol. The molecule has 0 spiro atoms. The highest BCUT2D eigenvalue weighted by Gasteiger charge is 2.32. The van der Waals surface area contributed by atoms with Gasteiger partial charge < -0.3 is 19.2 Å². The Bertz CT molecular complexity index is 1210. The highest BCUT2D eigenvalue weighted by molar-refractivity contribution is 5.92. The van der Waals surface area contributed by atoms with Crippen molar-refractivity contribution in [2.75, 3.05) is 19.8 Å². The lowest BCUT2D eigenvalue weighted by atomic mass is 10.0. The van der Waals surface area contributed by atoms with E-state index in [4.69, 9.17) is 13.9 Å². The van der Waals surface area contributed by atoms with Gasteiger partial charge in [0.15, 0.2) is 0 Å². The largest absolute Gasteiger partial charge is 0.522 e. The van der Waals surface area contributed by atoms with Crippen LogP contribution in [0, 0.1) is 0 Å². The van der Waals surface area contributed by atoms with Crippen LogP contribution in [0.25, 0.3) is 10.9 Å². The molecular formula is C20H17F6N5O5. The summed E-state index contributed by atoms with van der Waals surface area (Å²) in [6.07, 6.45) is -8.29. The fourth-order valence-corrected chi connectivity index (χ4v) is 3.32. The molecule has 36 heavy (non-hydrogen) atoms. The maximum atomic E-state index is 12.8. The fraction of sp³-hybridized carbons (Fsp3) is 0.450. The van der Waals surface area contributed by atoms with Gasteiger partial charge in [-0.1, -0.05) is 5.10 Å². The molecule has 3 heterocycles. The van der Waals surface area contributed by atoms with Crippen molar-refractivity contribution < 1.29 is 49.8 Å². The third kappa shape index (κ3) is 6.57. The number of nitrogens with one attached hydrogen (secondary N) is 1. The van der Waals surface area contributed by atoms with Crippen LogP contribution in [0.3, 0.4) is 0 Å². The highest BCUT2D eigenvalue weighted by atomic mass is 19.4. The van der Waals surface area contributed by atoms with Gasteiger partial charge in [-0.15, -0.1) is 18.3 Å². The van der Waals surface area contributed by atoms with Gasteiger partial charge in [-0.25, -0.2) is 9.97 Å². The second-order valence-electron chi connectivity index (χ2n) is 7.58. The van der Waals surface area contributed by atoms with Crippen LogP contribution >= 0.6 is 0 Å². The average molecular weight is 521 g/mol. The summed E-state index contributed by atoms with van der Waals surface area (Å²) < 4.78 is 93.7. The van der Waals surface area contributed by atoms with Gasteiger partial charge in [-0.3, -0.25) is 9.53 Å². The topological polar surface area (TPSA) is 121 Å². The van der Waals surface area contributed by atoms with E-state index in [1.807, 2.05) is 0 Å².